The summed E-state index contributed by atoms with van der Waals surface area (Å²) in [5.41, 5.74) is 0.813. The Bertz CT molecular complexity index is 811. The van der Waals surface area contributed by atoms with Gasteiger partial charge in [0.05, 0.1) is 31.3 Å². The first-order valence-electron chi connectivity index (χ1n) is 10.2. The molecule has 0 aliphatic carbocycles. The summed E-state index contributed by atoms with van der Waals surface area (Å²) in [6, 6.07) is 0. The summed E-state index contributed by atoms with van der Waals surface area (Å²) >= 11 is 0. The first-order valence-corrected chi connectivity index (χ1v) is 10.2. The molecule has 10 nitrogen and oxygen atoms in total. The van der Waals surface area contributed by atoms with Crippen LogP contribution in [-0.4, -0.2) is 88.6 Å². The predicted octanol–water partition coefficient (Wildman–Crippen LogP) is 0.441. The van der Waals surface area contributed by atoms with Gasteiger partial charge < -0.3 is 20.7 Å². The Morgan fingerprint density at radius 3 is 2.76 bits per heavy atom. The summed E-state index contributed by atoms with van der Waals surface area (Å²) in [6.07, 6.45) is 3.34. The molecule has 160 valence electrons. The zero-order valence-corrected chi connectivity index (χ0v) is 17.9. The second-order valence-electron chi connectivity index (χ2n) is 7.69. The normalized spacial score (nSPS) is 16.2. The van der Waals surface area contributed by atoms with Crippen LogP contribution in [0.4, 0.5) is 5.82 Å². The lowest BCUT2D eigenvalue weighted by Crippen LogP contribution is -2.52. The Kier molecular flexibility index (Phi) is 7.21. The van der Waals surface area contributed by atoms with E-state index in [-0.39, 0.29) is 5.54 Å². The van der Waals surface area contributed by atoms with Crippen LogP contribution in [0.1, 0.15) is 20.8 Å². The summed E-state index contributed by atoms with van der Waals surface area (Å²) in [7, 11) is 1.87. The van der Waals surface area contributed by atoms with Crippen molar-refractivity contribution < 1.29 is 4.74 Å². The van der Waals surface area contributed by atoms with E-state index in [1.165, 1.54) is 0 Å². The van der Waals surface area contributed by atoms with E-state index in [1.807, 2.05) is 7.05 Å². The van der Waals surface area contributed by atoms with E-state index in [0.29, 0.717) is 6.54 Å². The van der Waals surface area contributed by atoms with E-state index in [1.54, 1.807) is 17.2 Å². The van der Waals surface area contributed by atoms with Gasteiger partial charge in [0.1, 0.15) is 12.1 Å². The van der Waals surface area contributed by atoms with E-state index in [2.05, 4.69) is 56.7 Å². The average molecular weight is 404 g/mol. The number of aliphatic imine (C=N–C) groups is 1. The molecule has 0 radical (unpaired) electrons. The van der Waals surface area contributed by atoms with Gasteiger partial charge in [-0.3, -0.25) is 14.6 Å². The number of hydrogen-bond donors (Lipinski definition) is 3. The highest BCUT2D eigenvalue weighted by atomic mass is 16.5. The largest absolute Gasteiger partial charge is 0.379 e. The van der Waals surface area contributed by atoms with Gasteiger partial charge in [0, 0.05) is 45.3 Å². The van der Waals surface area contributed by atoms with Crippen molar-refractivity contribution in [1.29, 1.82) is 0 Å². The summed E-state index contributed by atoms with van der Waals surface area (Å²) in [5.74, 6) is 1.62. The molecule has 0 unspecified atom stereocenters. The van der Waals surface area contributed by atoms with E-state index in [0.717, 1.165) is 68.7 Å². The standard InChI is InChI=1S/C19H33N9O/c1-5-20-18(23-13-19(2,3)28-8-10-29-11-9-28)22-7-6-21-16-15-12-26-27(4)17(15)25-14-24-16/h12,14H,5-11,13H2,1-4H3,(H2,20,22,23)(H,21,24,25). The number of fused-ring (bicyclic) bond motifs is 1. The Balaban J connectivity index is 1.51. The van der Waals surface area contributed by atoms with E-state index in [9.17, 15) is 0 Å². The molecule has 2 aromatic heterocycles. The highest BCUT2D eigenvalue weighted by molar-refractivity contribution is 5.86. The van der Waals surface area contributed by atoms with Crippen molar-refractivity contribution in [2.75, 3.05) is 57.8 Å². The SMILES string of the molecule is CCNC(=NCC(C)(C)N1CCOCC1)NCCNc1ncnc2c1cnn2C. The van der Waals surface area contributed by atoms with E-state index in [4.69, 9.17) is 9.73 Å². The maximum atomic E-state index is 5.47. The van der Waals surface area contributed by atoms with Gasteiger partial charge in [-0.25, -0.2) is 9.97 Å². The van der Waals surface area contributed by atoms with Gasteiger partial charge >= 0.3 is 0 Å². The Labute approximate surface area is 172 Å². The second-order valence-corrected chi connectivity index (χ2v) is 7.69. The summed E-state index contributed by atoms with van der Waals surface area (Å²) in [6.45, 7) is 13.0. The molecule has 3 rings (SSSR count). The second kappa shape index (κ2) is 9.84. The molecular weight excluding hydrogens is 370 g/mol. The van der Waals surface area contributed by atoms with Gasteiger partial charge in [-0.05, 0) is 20.8 Å². The summed E-state index contributed by atoms with van der Waals surface area (Å²) in [5, 5.41) is 15.2. The third kappa shape index (κ3) is 5.54. The zero-order valence-electron chi connectivity index (χ0n) is 17.9. The van der Waals surface area contributed by atoms with Crippen LogP contribution in [0.3, 0.4) is 0 Å². The first kappa shape index (κ1) is 21.3. The maximum Gasteiger partial charge on any atom is 0.191 e. The fourth-order valence-corrected chi connectivity index (χ4v) is 3.35. The number of morpholine rings is 1. The molecule has 29 heavy (non-hydrogen) atoms. The van der Waals surface area contributed by atoms with Crippen molar-refractivity contribution in [3.63, 3.8) is 0 Å². The molecule has 10 heteroatoms. The molecule has 1 fully saturated rings. The highest BCUT2D eigenvalue weighted by Crippen LogP contribution is 2.17. The molecule has 1 aliphatic rings. The quantitative estimate of drug-likeness (QED) is 0.331. The van der Waals surface area contributed by atoms with Crippen molar-refractivity contribution >= 4 is 22.8 Å². The number of nitrogens with zero attached hydrogens (tertiary/aromatic N) is 6. The number of anilines is 1. The molecule has 1 aliphatic heterocycles. The Morgan fingerprint density at radius 1 is 1.21 bits per heavy atom. The molecule has 3 N–H and O–H groups in total. The van der Waals surface area contributed by atoms with Crippen molar-refractivity contribution in [3.05, 3.63) is 12.5 Å². The molecule has 3 heterocycles. The van der Waals surface area contributed by atoms with Crippen molar-refractivity contribution in [3.8, 4) is 0 Å². The number of guanidine groups is 1. The molecule has 1 saturated heterocycles. The molecule has 0 aromatic carbocycles. The van der Waals surface area contributed by atoms with Crippen molar-refractivity contribution in [1.82, 2.24) is 35.3 Å². The van der Waals surface area contributed by atoms with Gasteiger partial charge in [0.2, 0.25) is 0 Å². The van der Waals surface area contributed by atoms with E-state index >= 15 is 0 Å². The van der Waals surface area contributed by atoms with Crippen LogP contribution in [0.15, 0.2) is 17.5 Å². The van der Waals surface area contributed by atoms with Crippen LogP contribution in [0.25, 0.3) is 11.0 Å². The molecule has 0 saturated carbocycles. The minimum Gasteiger partial charge on any atom is -0.379 e. The average Bonchev–Trinajstić information content (AvgIpc) is 3.12. The van der Waals surface area contributed by atoms with Crippen LogP contribution in [0, 0.1) is 0 Å². The zero-order chi connectivity index (χ0) is 20.7. The summed E-state index contributed by atoms with van der Waals surface area (Å²) < 4.78 is 7.21. The van der Waals surface area contributed by atoms with Crippen LogP contribution in [0.5, 0.6) is 0 Å². The van der Waals surface area contributed by atoms with Gasteiger partial charge in [0.15, 0.2) is 11.6 Å². The van der Waals surface area contributed by atoms with Crippen molar-refractivity contribution in [2.45, 2.75) is 26.3 Å². The van der Waals surface area contributed by atoms with Gasteiger partial charge in [-0.15, -0.1) is 0 Å². The van der Waals surface area contributed by atoms with Crippen LogP contribution < -0.4 is 16.0 Å². The van der Waals surface area contributed by atoms with Gasteiger partial charge in [-0.2, -0.15) is 5.10 Å². The lowest BCUT2D eigenvalue weighted by atomic mass is 10.0. The number of aromatic nitrogens is 4. The van der Waals surface area contributed by atoms with Crippen molar-refractivity contribution in [2.24, 2.45) is 12.0 Å². The Morgan fingerprint density at radius 2 is 2.00 bits per heavy atom. The molecule has 0 atom stereocenters. The fraction of sp³-hybridized carbons (Fsp3) is 0.684. The third-order valence-electron chi connectivity index (χ3n) is 5.07. The Hall–Kier alpha value is -2.46. The molecular formula is C19H33N9O. The highest BCUT2D eigenvalue weighted by Gasteiger charge is 2.28. The number of ether oxygens (including phenoxy) is 1. The van der Waals surface area contributed by atoms with Crippen LogP contribution in [0.2, 0.25) is 0 Å². The smallest absolute Gasteiger partial charge is 0.191 e. The molecule has 0 bridgehead atoms. The minimum absolute atomic E-state index is 0.00272. The number of rotatable bonds is 8. The minimum atomic E-state index is -0.00272. The van der Waals surface area contributed by atoms with Crippen LogP contribution >= 0.6 is 0 Å². The first-order chi connectivity index (χ1) is 14.0. The number of hydrogen-bond acceptors (Lipinski definition) is 7. The predicted molar refractivity (Wildman–Crippen MR) is 115 cm³/mol. The number of aryl methyl sites for hydroxylation is 1. The fourth-order valence-electron chi connectivity index (χ4n) is 3.35. The van der Waals surface area contributed by atoms with E-state index < -0.39 is 0 Å². The van der Waals surface area contributed by atoms with Crippen LogP contribution in [-0.2, 0) is 11.8 Å². The lowest BCUT2D eigenvalue weighted by molar-refractivity contribution is -0.00683. The van der Waals surface area contributed by atoms with Gasteiger partial charge in [-0.1, -0.05) is 0 Å². The lowest BCUT2D eigenvalue weighted by Gasteiger charge is -2.39. The molecule has 2 aromatic rings. The third-order valence-corrected chi connectivity index (χ3v) is 5.07. The summed E-state index contributed by atoms with van der Waals surface area (Å²) in [4.78, 5) is 15.8. The molecule has 0 spiro atoms. The monoisotopic (exact) mass is 403 g/mol. The molecule has 0 amide bonds. The number of nitrogens with one attached hydrogen (secondary N) is 3. The topological polar surface area (TPSA) is 105 Å². The van der Waals surface area contributed by atoms with Gasteiger partial charge in [0.25, 0.3) is 0 Å². The maximum absolute atomic E-state index is 5.47.